The van der Waals surface area contributed by atoms with Crippen molar-refractivity contribution in [3.05, 3.63) is 65.7 Å². The third kappa shape index (κ3) is 5.15. The molecule has 136 valence electrons. The van der Waals surface area contributed by atoms with E-state index in [1.807, 2.05) is 0 Å². The van der Waals surface area contributed by atoms with Gasteiger partial charge in [0.15, 0.2) is 12.7 Å². The number of aliphatic hydroxyl groups excluding tert-OH is 1. The second-order valence-electron chi connectivity index (χ2n) is 5.75. The predicted molar refractivity (Wildman–Crippen MR) is 95.5 cm³/mol. The van der Waals surface area contributed by atoms with Crippen molar-refractivity contribution >= 4 is 23.5 Å². The van der Waals surface area contributed by atoms with Gasteiger partial charge < -0.3 is 20.1 Å². The van der Waals surface area contributed by atoms with Crippen LogP contribution in [-0.2, 0) is 14.3 Å². The summed E-state index contributed by atoms with van der Waals surface area (Å²) in [6.45, 7) is -0.527. The molecule has 0 aliphatic rings. The number of hydrogen-bond donors (Lipinski definition) is 2. The number of benzene rings is 2. The molecule has 2 rings (SSSR count). The Morgan fingerprint density at radius 1 is 1.04 bits per heavy atom. The standard InChI is InChI=1S/C19H20N2O5/c1-21(2)18(24)14-8-10-15(11-9-14)20-16(22)12-26-19(25)17(23)13-6-4-3-5-7-13/h3-11,17,23H,12H2,1-2H3,(H,20,22)/t17-/m0/s1. The monoisotopic (exact) mass is 356 g/mol. The smallest absolute Gasteiger partial charge is 0.340 e. The highest BCUT2D eigenvalue weighted by Crippen LogP contribution is 2.14. The molecule has 2 N–H and O–H groups in total. The highest BCUT2D eigenvalue weighted by Gasteiger charge is 2.19. The van der Waals surface area contributed by atoms with Crippen LogP contribution in [0.5, 0.6) is 0 Å². The van der Waals surface area contributed by atoms with Crippen LogP contribution in [-0.4, -0.2) is 48.5 Å². The van der Waals surface area contributed by atoms with Crippen LogP contribution in [0.2, 0.25) is 0 Å². The number of carbonyl (C=O) groups is 3. The summed E-state index contributed by atoms with van der Waals surface area (Å²) in [5, 5.41) is 12.4. The number of carbonyl (C=O) groups excluding carboxylic acids is 3. The van der Waals surface area contributed by atoms with Crippen LogP contribution in [0.15, 0.2) is 54.6 Å². The summed E-state index contributed by atoms with van der Waals surface area (Å²) in [5.41, 5.74) is 1.34. The Kier molecular flexibility index (Phi) is 6.46. The highest BCUT2D eigenvalue weighted by atomic mass is 16.5. The Hall–Kier alpha value is -3.19. The minimum Gasteiger partial charge on any atom is -0.453 e. The van der Waals surface area contributed by atoms with Crippen LogP contribution in [0.1, 0.15) is 22.0 Å². The molecule has 0 aromatic heterocycles. The van der Waals surface area contributed by atoms with Crippen molar-refractivity contribution in [3.63, 3.8) is 0 Å². The number of rotatable bonds is 6. The number of nitrogens with zero attached hydrogens (tertiary/aromatic N) is 1. The van der Waals surface area contributed by atoms with Gasteiger partial charge in [-0.25, -0.2) is 4.79 Å². The lowest BCUT2D eigenvalue weighted by Gasteiger charge is -2.12. The van der Waals surface area contributed by atoms with Crippen LogP contribution in [0.3, 0.4) is 0 Å². The zero-order valence-corrected chi connectivity index (χ0v) is 14.5. The molecule has 0 bridgehead atoms. The van der Waals surface area contributed by atoms with E-state index in [2.05, 4.69) is 5.32 Å². The van der Waals surface area contributed by atoms with Gasteiger partial charge in [0.2, 0.25) is 0 Å². The first-order valence-electron chi connectivity index (χ1n) is 7.89. The van der Waals surface area contributed by atoms with Gasteiger partial charge in [0.05, 0.1) is 0 Å². The number of hydrogen-bond acceptors (Lipinski definition) is 5. The van der Waals surface area contributed by atoms with Gasteiger partial charge in [-0.2, -0.15) is 0 Å². The minimum atomic E-state index is -1.44. The molecule has 2 amide bonds. The van der Waals surface area contributed by atoms with Crippen LogP contribution >= 0.6 is 0 Å². The topological polar surface area (TPSA) is 95.9 Å². The summed E-state index contributed by atoms with van der Waals surface area (Å²) in [7, 11) is 3.30. The van der Waals surface area contributed by atoms with Crippen LogP contribution in [0, 0.1) is 0 Å². The zero-order valence-electron chi connectivity index (χ0n) is 14.5. The number of aliphatic hydroxyl groups is 1. The van der Waals surface area contributed by atoms with Crippen molar-refractivity contribution in [2.75, 3.05) is 26.0 Å². The van der Waals surface area contributed by atoms with E-state index in [9.17, 15) is 19.5 Å². The molecule has 0 fully saturated rings. The maximum absolute atomic E-state index is 11.9. The normalized spacial score (nSPS) is 11.3. The summed E-state index contributed by atoms with van der Waals surface area (Å²) in [6, 6.07) is 14.6. The molecule has 1 atom stereocenters. The minimum absolute atomic E-state index is 0.147. The second-order valence-corrected chi connectivity index (χ2v) is 5.75. The van der Waals surface area contributed by atoms with Crippen LogP contribution in [0.25, 0.3) is 0 Å². The van der Waals surface area contributed by atoms with Crippen LogP contribution < -0.4 is 5.32 Å². The zero-order chi connectivity index (χ0) is 19.1. The lowest BCUT2D eigenvalue weighted by Crippen LogP contribution is -2.24. The van der Waals surface area contributed by atoms with Gasteiger partial charge >= 0.3 is 5.97 Å². The average Bonchev–Trinajstić information content (AvgIpc) is 2.66. The third-order valence-electron chi connectivity index (χ3n) is 3.51. The molecule has 0 radical (unpaired) electrons. The van der Waals surface area contributed by atoms with Crippen molar-refractivity contribution < 1.29 is 24.2 Å². The molecule has 0 spiro atoms. The van der Waals surface area contributed by atoms with Crippen molar-refractivity contribution in [1.82, 2.24) is 4.90 Å². The fourth-order valence-electron chi connectivity index (χ4n) is 2.14. The first-order chi connectivity index (χ1) is 12.4. The molecule has 7 nitrogen and oxygen atoms in total. The number of anilines is 1. The van der Waals surface area contributed by atoms with E-state index in [0.717, 1.165) is 0 Å². The lowest BCUT2D eigenvalue weighted by atomic mass is 10.1. The lowest BCUT2D eigenvalue weighted by molar-refractivity contribution is -0.156. The van der Waals surface area contributed by atoms with Gasteiger partial charge in [-0.1, -0.05) is 30.3 Å². The first-order valence-corrected chi connectivity index (χ1v) is 7.89. The van der Waals surface area contributed by atoms with E-state index in [-0.39, 0.29) is 5.91 Å². The molecule has 2 aromatic rings. The number of esters is 1. The fourth-order valence-corrected chi connectivity index (χ4v) is 2.14. The quantitative estimate of drug-likeness (QED) is 0.767. The molecule has 7 heteroatoms. The Bertz CT molecular complexity index is 772. The van der Waals surface area contributed by atoms with Gasteiger partial charge in [0, 0.05) is 25.3 Å². The van der Waals surface area contributed by atoms with E-state index in [4.69, 9.17) is 4.74 Å². The molecule has 0 unspecified atom stereocenters. The summed E-state index contributed by atoms with van der Waals surface area (Å²) >= 11 is 0. The molecule has 2 aromatic carbocycles. The van der Waals surface area contributed by atoms with E-state index < -0.39 is 24.6 Å². The summed E-state index contributed by atoms with van der Waals surface area (Å²) < 4.78 is 4.82. The average molecular weight is 356 g/mol. The molecule has 0 aliphatic heterocycles. The maximum Gasteiger partial charge on any atom is 0.340 e. The Balaban J connectivity index is 1.85. The summed E-state index contributed by atoms with van der Waals surface area (Å²) in [5.74, 6) is -1.60. The SMILES string of the molecule is CN(C)C(=O)c1ccc(NC(=O)COC(=O)[C@@H](O)c2ccccc2)cc1. The van der Waals surface area contributed by atoms with E-state index in [0.29, 0.717) is 16.8 Å². The highest BCUT2D eigenvalue weighted by molar-refractivity contribution is 5.96. The van der Waals surface area contributed by atoms with Gasteiger partial charge in [-0.05, 0) is 29.8 Å². The second kappa shape index (κ2) is 8.77. The molecule has 0 aliphatic carbocycles. The van der Waals surface area contributed by atoms with Gasteiger partial charge in [0.1, 0.15) is 0 Å². The largest absolute Gasteiger partial charge is 0.453 e. The molecule has 0 heterocycles. The van der Waals surface area contributed by atoms with E-state index in [1.165, 1.54) is 4.90 Å². The van der Waals surface area contributed by atoms with Crippen molar-refractivity contribution in [2.24, 2.45) is 0 Å². The Morgan fingerprint density at radius 2 is 1.65 bits per heavy atom. The van der Waals surface area contributed by atoms with E-state index in [1.54, 1.807) is 68.7 Å². The van der Waals surface area contributed by atoms with Crippen molar-refractivity contribution in [2.45, 2.75) is 6.10 Å². The van der Waals surface area contributed by atoms with E-state index >= 15 is 0 Å². The Labute approximate surface area is 151 Å². The number of amides is 2. The maximum atomic E-state index is 11.9. The fraction of sp³-hybridized carbons (Fsp3) is 0.211. The third-order valence-corrected chi connectivity index (χ3v) is 3.51. The van der Waals surface area contributed by atoms with Crippen LogP contribution in [0.4, 0.5) is 5.69 Å². The summed E-state index contributed by atoms with van der Waals surface area (Å²) in [4.78, 5) is 36.9. The van der Waals surface area contributed by atoms with Crippen molar-refractivity contribution in [3.8, 4) is 0 Å². The predicted octanol–water partition coefficient (Wildman–Crippen LogP) is 1.60. The Morgan fingerprint density at radius 3 is 2.23 bits per heavy atom. The molecule has 0 saturated carbocycles. The first kappa shape index (κ1) is 19.1. The number of nitrogens with one attached hydrogen (secondary N) is 1. The summed E-state index contributed by atoms with van der Waals surface area (Å²) in [6.07, 6.45) is -1.44. The van der Waals surface area contributed by atoms with Gasteiger partial charge in [-0.15, -0.1) is 0 Å². The molecule has 26 heavy (non-hydrogen) atoms. The number of ether oxygens (including phenoxy) is 1. The molecular weight excluding hydrogens is 336 g/mol. The molecular formula is C19H20N2O5. The van der Waals surface area contributed by atoms with Crippen molar-refractivity contribution in [1.29, 1.82) is 0 Å². The van der Waals surface area contributed by atoms with Gasteiger partial charge in [-0.3, -0.25) is 9.59 Å². The van der Waals surface area contributed by atoms with Gasteiger partial charge in [0.25, 0.3) is 11.8 Å². The molecule has 0 saturated heterocycles.